The lowest BCUT2D eigenvalue weighted by molar-refractivity contribution is -0.141. The Labute approximate surface area is 159 Å². The van der Waals surface area contributed by atoms with Crippen molar-refractivity contribution in [2.75, 3.05) is 13.6 Å². The minimum absolute atomic E-state index is 0.0111. The molecule has 1 aliphatic heterocycles. The molecule has 2 aliphatic carbocycles. The molecule has 0 aromatic heterocycles. The van der Waals surface area contributed by atoms with Crippen molar-refractivity contribution in [1.82, 2.24) is 15.1 Å². The lowest BCUT2D eigenvalue weighted by Crippen LogP contribution is -2.54. The van der Waals surface area contributed by atoms with Gasteiger partial charge in [-0.25, -0.2) is 4.79 Å². The van der Waals surface area contributed by atoms with Gasteiger partial charge in [-0.05, 0) is 42.7 Å². The van der Waals surface area contributed by atoms with E-state index < -0.39 is 11.6 Å². The monoisotopic (exact) mass is 369 g/mol. The van der Waals surface area contributed by atoms with Crippen LogP contribution >= 0.6 is 0 Å². The summed E-state index contributed by atoms with van der Waals surface area (Å²) in [6.45, 7) is 1.83. The Bertz CT molecular complexity index is 793. The number of carbonyl (C=O) groups excluding carboxylic acids is 3. The van der Waals surface area contributed by atoms with E-state index in [1.165, 1.54) is 11.1 Å². The van der Waals surface area contributed by atoms with Crippen molar-refractivity contribution in [3.8, 4) is 0 Å². The zero-order chi connectivity index (χ0) is 19.2. The second-order valence-electron chi connectivity index (χ2n) is 8.20. The first-order valence-corrected chi connectivity index (χ1v) is 9.91. The molecule has 0 bridgehead atoms. The van der Waals surface area contributed by atoms with Crippen LogP contribution < -0.4 is 5.32 Å². The number of aryl methyl sites for hydroxylation is 1. The first-order chi connectivity index (χ1) is 12.9. The maximum Gasteiger partial charge on any atom is 0.325 e. The molecule has 1 heterocycles. The fraction of sp³-hybridized carbons (Fsp3) is 0.571. The van der Waals surface area contributed by atoms with Gasteiger partial charge in [0.1, 0.15) is 12.1 Å². The van der Waals surface area contributed by atoms with Crippen molar-refractivity contribution in [1.29, 1.82) is 0 Å². The number of hydrogen-bond donors (Lipinski definition) is 1. The SMILES string of the molecule is CC1CCCCC12NC(=O)N(CC(=O)N(C)C1CCc3ccccc31)C2=O. The van der Waals surface area contributed by atoms with E-state index in [1.807, 2.05) is 19.1 Å². The average Bonchev–Trinajstić information content (AvgIpc) is 3.19. The van der Waals surface area contributed by atoms with Crippen molar-refractivity contribution in [3.05, 3.63) is 35.4 Å². The zero-order valence-corrected chi connectivity index (χ0v) is 16.0. The van der Waals surface area contributed by atoms with Crippen LogP contribution in [0.15, 0.2) is 24.3 Å². The highest BCUT2D eigenvalue weighted by Gasteiger charge is 2.55. The van der Waals surface area contributed by atoms with Crippen molar-refractivity contribution in [3.63, 3.8) is 0 Å². The van der Waals surface area contributed by atoms with E-state index in [9.17, 15) is 14.4 Å². The third-order valence-electron chi connectivity index (χ3n) is 6.76. The van der Waals surface area contributed by atoms with E-state index in [4.69, 9.17) is 0 Å². The van der Waals surface area contributed by atoms with Crippen molar-refractivity contribution >= 4 is 17.8 Å². The van der Waals surface area contributed by atoms with Gasteiger partial charge < -0.3 is 10.2 Å². The summed E-state index contributed by atoms with van der Waals surface area (Å²) in [5, 5.41) is 2.92. The molecule has 4 amide bonds. The van der Waals surface area contributed by atoms with Crippen molar-refractivity contribution in [2.24, 2.45) is 5.92 Å². The Balaban J connectivity index is 1.48. The largest absolute Gasteiger partial charge is 0.337 e. The van der Waals surface area contributed by atoms with Gasteiger partial charge in [-0.3, -0.25) is 14.5 Å². The summed E-state index contributed by atoms with van der Waals surface area (Å²) in [4.78, 5) is 41.3. The highest BCUT2D eigenvalue weighted by atomic mass is 16.2. The summed E-state index contributed by atoms with van der Waals surface area (Å²) in [6, 6.07) is 7.74. The predicted molar refractivity (Wildman–Crippen MR) is 101 cm³/mol. The predicted octanol–water partition coefficient (Wildman–Crippen LogP) is 2.63. The lowest BCUT2D eigenvalue weighted by Gasteiger charge is -2.37. The highest BCUT2D eigenvalue weighted by molar-refractivity contribution is 6.09. The Kier molecular flexibility index (Phi) is 4.44. The van der Waals surface area contributed by atoms with Crippen LogP contribution in [0.2, 0.25) is 0 Å². The molecule has 3 atom stereocenters. The van der Waals surface area contributed by atoms with Crippen LogP contribution in [0.5, 0.6) is 0 Å². The van der Waals surface area contributed by atoms with Crippen LogP contribution in [0.25, 0.3) is 0 Å². The molecule has 2 fully saturated rings. The first kappa shape index (κ1) is 18.0. The molecule has 27 heavy (non-hydrogen) atoms. The molecule has 144 valence electrons. The van der Waals surface area contributed by atoms with E-state index in [0.29, 0.717) is 6.42 Å². The van der Waals surface area contributed by atoms with Crippen LogP contribution in [-0.4, -0.2) is 46.8 Å². The van der Waals surface area contributed by atoms with Gasteiger partial charge in [0.25, 0.3) is 5.91 Å². The molecule has 1 saturated heterocycles. The number of hydrogen-bond acceptors (Lipinski definition) is 3. The molecule has 1 saturated carbocycles. The summed E-state index contributed by atoms with van der Waals surface area (Å²) < 4.78 is 0. The van der Waals surface area contributed by atoms with Crippen LogP contribution in [0.3, 0.4) is 0 Å². The number of fused-ring (bicyclic) bond motifs is 1. The number of likely N-dealkylation sites (N-methyl/N-ethyl adjacent to an activating group) is 1. The minimum atomic E-state index is -0.811. The lowest BCUT2D eigenvalue weighted by atomic mass is 9.73. The van der Waals surface area contributed by atoms with Gasteiger partial charge in [-0.2, -0.15) is 0 Å². The van der Waals surface area contributed by atoms with Gasteiger partial charge in [0.2, 0.25) is 5.91 Å². The quantitative estimate of drug-likeness (QED) is 0.833. The second-order valence-corrected chi connectivity index (χ2v) is 8.20. The number of rotatable bonds is 3. The number of nitrogens with one attached hydrogen (secondary N) is 1. The molecule has 6 nitrogen and oxygen atoms in total. The summed E-state index contributed by atoms with van der Waals surface area (Å²) in [7, 11) is 1.77. The molecule has 6 heteroatoms. The van der Waals surface area contributed by atoms with E-state index in [2.05, 4.69) is 17.4 Å². The topological polar surface area (TPSA) is 69.7 Å². The van der Waals surface area contributed by atoms with Gasteiger partial charge in [0, 0.05) is 7.05 Å². The molecule has 3 unspecified atom stereocenters. The van der Waals surface area contributed by atoms with Gasteiger partial charge in [0.05, 0.1) is 6.04 Å². The van der Waals surface area contributed by atoms with E-state index in [1.54, 1.807) is 11.9 Å². The third-order valence-corrected chi connectivity index (χ3v) is 6.76. The standard InChI is InChI=1S/C21H27N3O3/c1-14-7-5-6-12-21(14)19(26)24(20(27)22-21)13-18(25)23(2)17-11-10-15-8-3-4-9-16(15)17/h3-4,8-9,14,17H,5-7,10-13H2,1-2H3,(H,22,27). The molecule has 1 aromatic carbocycles. The average molecular weight is 369 g/mol. The number of amides is 4. The van der Waals surface area contributed by atoms with Crippen LogP contribution in [0, 0.1) is 5.92 Å². The summed E-state index contributed by atoms with van der Waals surface area (Å²) in [5.41, 5.74) is 1.63. The second kappa shape index (κ2) is 6.66. The number of nitrogens with zero attached hydrogens (tertiary/aromatic N) is 2. The maximum atomic E-state index is 13.1. The third kappa shape index (κ3) is 2.82. The summed E-state index contributed by atoms with van der Waals surface area (Å²) >= 11 is 0. The van der Waals surface area contributed by atoms with E-state index >= 15 is 0 Å². The molecule has 4 rings (SSSR count). The molecule has 1 aromatic rings. The number of benzene rings is 1. The zero-order valence-electron chi connectivity index (χ0n) is 16.0. The summed E-state index contributed by atoms with van der Waals surface area (Å²) in [5.74, 6) is -0.323. The fourth-order valence-corrected chi connectivity index (χ4v) is 5.00. The van der Waals surface area contributed by atoms with Gasteiger partial charge in [-0.1, -0.05) is 44.0 Å². The van der Waals surface area contributed by atoms with E-state index in [-0.39, 0.29) is 30.3 Å². The fourth-order valence-electron chi connectivity index (χ4n) is 5.00. The first-order valence-electron chi connectivity index (χ1n) is 9.91. The van der Waals surface area contributed by atoms with Crippen molar-refractivity contribution < 1.29 is 14.4 Å². The van der Waals surface area contributed by atoms with Crippen LogP contribution in [0.4, 0.5) is 4.79 Å². The smallest absolute Gasteiger partial charge is 0.325 e. The number of urea groups is 1. The highest BCUT2D eigenvalue weighted by Crippen LogP contribution is 2.39. The molecule has 0 radical (unpaired) electrons. The number of carbonyl (C=O) groups is 3. The molecule has 1 N–H and O–H groups in total. The normalized spacial score (nSPS) is 29.8. The van der Waals surface area contributed by atoms with Crippen LogP contribution in [0.1, 0.15) is 56.2 Å². The molecule has 1 spiro atoms. The summed E-state index contributed by atoms with van der Waals surface area (Å²) in [6.07, 6.45) is 5.42. The van der Waals surface area contributed by atoms with Gasteiger partial charge in [0.15, 0.2) is 0 Å². The Morgan fingerprint density at radius 2 is 2.04 bits per heavy atom. The van der Waals surface area contributed by atoms with Crippen LogP contribution in [-0.2, 0) is 16.0 Å². The Morgan fingerprint density at radius 3 is 2.81 bits per heavy atom. The molecule has 3 aliphatic rings. The Morgan fingerprint density at radius 1 is 1.26 bits per heavy atom. The van der Waals surface area contributed by atoms with Crippen molar-refractivity contribution in [2.45, 2.75) is 57.0 Å². The Hall–Kier alpha value is -2.37. The van der Waals surface area contributed by atoms with E-state index in [0.717, 1.165) is 37.0 Å². The van der Waals surface area contributed by atoms with Gasteiger partial charge in [-0.15, -0.1) is 0 Å². The number of imide groups is 1. The van der Waals surface area contributed by atoms with Gasteiger partial charge >= 0.3 is 6.03 Å². The molecular formula is C21H27N3O3. The maximum absolute atomic E-state index is 13.1. The molecular weight excluding hydrogens is 342 g/mol. The minimum Gasteiger partial charge on any atom is -0.337 e.